The van der Waals surface area contributed by atoms with Gasteiger partial charge in [0.2, 0.25) is 0 Å². The molecule has 0 bridgehead atoms. The maximum absolute atomic E-state index is 4.07. The van der Waals surface area contributed by atoms with Gasteiger partial charge in [-0.05, 0) is 62.3 Å². The normalized spacial score (nSPS) is 16.7. The Kier molecular flexibility index (Phi) is 5.66. The van der Waals surface area contributed by atoms with Crippen molar-refractivity contribution in [2.75, 3.05) is 6.54 Å². The highest BCUT2D eigenvalue weighted by molar-refractivity contribution is 5.09. The molecule has 1 aromatic heterocycles. The van der Waals surface area contributed by atoms with Crippen LogP contribution in [-0.4, -0.2) is 17.6 Å². The Hall–Kier alpha value is -0.890. The Morgan fingerprint density at radius 2 is 2.06 bits per heavy atom. The van der Waals surface area contributed by atoms with E-state index >= 15 is 0 Å². The zero-order chi connectivity index (χ0) is 12.6. The predicted molar refractivity (Wildman–Crippen MR) is 76.6 cm³/mol. The van der Waals surface area contributed by atoms with Crippen LogP contribution >= 0.6 is 0 Å². The molecule has 1 heterocycles. The molecule has 0 aliphatic heterocycles. The van der Waals surface area contributed by atoms with E-state index in [1.54, 1.807) is 0 Å². The first-order valence-corrected chi connectivity index (χ1v) is 7.50. The largest absolute Gasteiger partial charge is 0.314 e. The average molecular weight is 246 g/mol. The zero-order valence-corrected chi connectivity index (χ0v) is 11.6. The molecular formula is C16H26N2. The summed E-state index contributed by atoms with van der Waals surface area (Å²) in [7, 11) is 0. The van der Waals surface area contributed by atoms with Crippen molar-refractivity contribution in [1.29, 1.82) is 0 Å². The van der Waals surface area contributed by atoms with Gasteiger partial charge in [0.05, 0.1) is 0 Å². The Balaban J connectivity index is 1.72. The molecule has 1 atom stereocenters. The lowest BCUT2D eigenvalue weighted by atomic mass is 10.0. The number of aryl methyl sites for hydroxylation is 1. The average Bonchev–Trinajstić information content (AvgIpc) is 3.23. The van der Waals surface area contributed by atoms with Crippen LogP contribution in [0.1, 0.15) is 51.0 Å². The first-order valence-electron chi connectivity index (χ1n) is 7.50. The molecule has 2 heteroatoms. The Bertz CT molecular complexity index is 319. The summed E-state index contributed by atoms with van der Waals surface area (Å²) < 4.78 is 0. The SMILES string of the molecule is CCCNC(CCc1ccncc1)CCC1CC1. The van der Waals surface area contributed by atoms with Gasteiger partial charge in [0.1, 0.15) is 0 Å². The van der Waals surface area contributed by atoms with Gasteiger partial charge in [-0.25, -0.2) is 0 Å². The Morgan fingerprint density at radius 1 is 1.28 bits per heavy atom. The van der Waals surface area contributed by atoms with E-state index in [-0.39, 0.29) is 0 Å². The van der Waals surface area contributed by atoms with Gasteiger partial charge < -0.3 is 5.32 Å². The molecule has 2 rings (SSSR count). The fourth-order valence-corrected chi connectivity index (χ4v) is 2.43. The summed E-state index contributed by atoms with van der Waals surface area (Å²) in [6.45, 7) is 3.40. The van der Waals surface area contributed by atoms with Crippen LogP contribution < -0.4 is 5.32 Å². The number of rotatable bonds is 9. The lowest BCUT2D eigenvalue weighted by Crippen LogP contribution is -2.30. The summed E-state index contributed by atoms with van der Waals surface area (Å²) >= 11 is 0. The molecule has 1 N–H and O–H groups in total. The molecular weight excluding hydrogens is 220 g/mol. The molecule has 0 radical (unpaired) electrons. The lowest BCUT2D eigenvalue weighted by Gasteiger charge is -2.18. The van der Waals surface area contributed by atoms with Crippen LogP contribution in [0.5, 0.6) is 0 Å². The summed E-state index contributed by atoms with van der Waals surface area (Å²) in [4.78, 5) is 4.07. The van der Waals surface area contributed by atoms with Gasteiger partial charge in [0, 0.05) is 18.4 Å². The van der Waals surface area contributed by atoms with Crippen molar-refractivity contribution in [2.24, 2.45) is 5.92 Å². The first kappa shape index (κ1) is 13.5. The summed E-state index contributed by atoms with van der Waals surface area (Å²) in [5, 5.41) is 3.71. The second-order valence-electron chi connectivity index (χ2n) is 5.57. The number of hydrogen-bond donors (Lipinski definition) is 1. The molecule has 2 nitrogen and oxygen atoms in total. The second-order valence-corrected chi connectivity index (χ2v) is 5.57. The Morgan fingerprint density at radius 3 is 2.72 bits per heavy atom. The fraction of sp³-hybridized carbons (Fsp3) is 0.688. The van der Waals surface area contributed by atoms with E-state index in [0.717, 1.165) is 12.5 Å². The third-order valence-corrected chi connectivity index (χ3v) is 3.83. The van der Waals surface area contributed by atoms with Gasteiger partial charge in [-0.3, -0.25) is 4.98 Å². The number of hydrogen-bond acceptors (Lipinski definition) is 2. The van der Waals surface area contributed by atoms with Crippen molar-refractivity contribution in [3.05, 3.63) is 30.1 Å². The molecule has 1 fully saturated rings. The summed E-state index contributed by atoms with van der Waals surface area (Å²) in [5.74, 6) is 1.05. The predicted octanol–water partition coefficient (Wildman–Crippen LogP) is 3.57. The van der Waals surface area contributed by atoms with Crippen LogP contribution in [0.4, 0.5) is 0 Å². The fourth-order valence-electron chi connectivity index (χ4n) is 2.43. The van der Waals surface area contributed by atoms with Crippen LogP contribution in [-0.2, 0) is 6.42 Å². The minimum absolute atomic E-state index is 0.707. The number of nitrogens with zero attached hydrogens (tertiary/aromatic N) is 1. The van der Waals surface area contributed by atoms with Gasteiger partial charge in [0.25, 0.3) is 0 Å². The van der Waals surface area contributed by atoms with Crippen LogP contribution in [0.2, 0.25) is 0 Å². The highest BCUT2D eigenvalue weighted by Crippen LogP contribution is 2.34. The Labute approximate surface area is 111 Å². The quantitative estimate of drug-likeness (QED) is 0.720. The van der Waals surface area contributed by atoms with Gasteiger partial charge in [-0.15, -0.1) is 0 Å². The number of nitrogens with one attached hydrogen (secondary N) is 1. The van der Waals surface area contributed by atoms with Crippen LogP contribution in [0, 0.1) is 5.92 Å². The smallest absolute Gasteiger partial charge is 0.0270 e. The lowest BCUT2D eigenvalue weighted by molar-refractivity contribution is 0.431. The maximum Gasteiger partial charge on any atom is 0.0270 e. The van der Waals surface area contributed by atoms with E-state index in [1.807, 2.05) is 12.4 Å². The molecule has 1 aliphatic rings. The van der Waals surface area contributed by atoms with E-state index in [9.17, 15) is 0 Å². The summed E-state index contributed by atoms with van der Waals surface area (Å²) in [5.41, 5.74) is 1.42. The van der Waals surface area contributed by atoms with Crippen molar-refractivity contribution in [1.82, 2.24) is 10.3 Å². The highest BCUT2D eigenvalue weighted by Gasteiger charge is 2.22. The third-order valence-electron chi connectivity index (χ3n) is 3.83. The van der Waals surface area contributed by atoms with Gasteiger partial charge in [-0.2, -0.15) is 0 Å². The topological polar surface area (TPSA) is 24.9 Å². The first-order chi connectivity index (χ1) is 8.88. The van der Waals surface area contributed by atoms with Gasteiger partial charge in [0.15, 0.2) is 0 Å². The van der Waals surface area contributed by atoms with E-state index in [1.165, 1.54) is 50.5 Å². The van der Waals surface area contributed by atoms with Crippen molar-refractivity contribution in [3.63, 3.8) is 0 Å². The minimum Gasteiger partial charge on any atom is -0.314 e. The molecule has 18 heavy (non-hydrogen) atoms. The summed E-state index contributed by atoms with van der Waals surface area (Å²) in [6, 6.07) is 4.98. The van der Waals surface area contributed by atoms with E-state index in [2.05, 4.69) is 29.4 Å². The van der Waals surface area contributed by atoms with Crippen molar-refractivity contribution in [2.45, 2.75) is 57.9 Å². The molecule has 1 unspecified atom stereocenters. The molecule has 1 aliphatic carbocycles. The van der Waals surface area contributed by atoms with E-state index < -0.39 is 0 Å². The zero-order valence-electron chi connectivity index (χ0n) is 11.6. The molecule has 0 aromatic carbocycles. The number of pyridine rings is 1. The monoisotopic (exact) mass is 246 g/mol. The minimum atomic E-state index is 0.707. The molecule has 0 spiro atoms. The van der Waals surface area contributed by atoms with Gasteiger partial charge >= 0.3 is 0 Å². The van der Waals surface area contributed by atoms with Crippen LogP contribution in [0.25, 0.3) is 0 Å². The summed E-state index contributed by atoms with van der Waals surface area (Å²) in [6.07, 6.45) is 13.2. The van der Waals surface area contributed by atoms with E-state index in [4.69, 9.17) is 0 Å². The number of aromatic nitrogens is 1. The standard InChI is InChI=1S/C16H26N2/c1-2-11-18-16(7-5-14-3-4-14)8-6-15-9-12-17-13-10-15/h9-10,12-14,16,18H,2-8,11H2,1H3. The van der Waals surface area contributed by atoms with E-state index in [0.29, 0.717) is 6.04 Å². The van der Waals surface area contributed by atoms with Crippen LogP contribution in [0.15, 0.2) is 24.5 Å². The molecule has 0 amide bonds. The van der Waals surface area contributed by atoms with Crippen molar-refractivity contribution < 1.29 is 0 Å². The van der Waals surface area contributed by atoms with Crippen LogP contribution in [0.3, 0.4) is 0 Å². The van der Waals surface area contributed by atoms with Crippen molar-refractivity contribution >= 4 is 0 Å². The molecule has 1 aromatic rings. The van der Waals surface area contributed by atoms with Gasteiger partial charge in [-0.1, -0.05) is 19.8 Å². The van der Waals surface area contributed by atoms with Crippen molar-refractivity contribution in [3.8, 4) is 0 Å². The second kappa shape index (κ2) is 7.52. The third kappa shape index (κ3) is 5.18. The molecule has 100 valence electrons. The molecule has 0 saturated heterocycles. The highest BCUT2D eigenvalue weighted by atomic mass is 14.9. The maximum atomic E-state index is 4.07. The molecule has 1 saturated carbocycles.